The van der Waals surface area contributed by atoms with Gasteiger partial charge in [-0.25, -0.2) is 0 Å². The highest BCUT2D eigenvalue weighted by molar-refractivity contribution is 4.24. The summed E-state index contributed by atoms with van der Waals surface area (Å²) in [6.45, 7) is 4.19. The van der Waals surface area contributed by atoms with Gasteiger partial charge in [-0.1, -0.05) is 6.92 Å². The average Bonchev–Trinajstić information content (AvgIpc) is 1.68. The summed E-state index contributed by atoms with van der Waals surface area (Å²) in [5.74, 6) is 0. The smallest absolute Gasteiger partial charge is 0.0900 e. The molecule has 0 aliphatic heterocycles. The van der Waals surface area contributed by atoms with Gasteiger partial charge >= 0.3 is 0 Å². The van der Waals surface area contributed by atoms with Crippen molar-refractivity contribution in [3.63, 3.8) is 0 Å². The Kier molecular flexibility index (Phi) is 5.01. The van der Waals surface area contributed by atoms with E-state index in [9.17, 15) is 0 Å². The van der Waals surface area contributed by atoms with Crippen LogP contribution >= 0.6 is 0 Å². The fraction of sp³-hybridized carbons (Fsp3) is 0.833. The Bertz CT molecular complexity index is 41.8. The zero-order chi connectivity index (χ0) is 6.41. The lowest BCUT2D eigenvalue weighted by atomic mass is 10.4. The van der Waals surface area contributed by atoms with Crippen LogP contribution in [0.5, 0.6) is 0 Å². The Balaban J connectivity index is 2.92. The van der Waals surface area contributed by atoms with E-state index in [1.54, 1.807) is 0 Å². The number of hydrogen-bond donors (Lipinski definition) is 2. The summed E-state index contributed by atoms with van der Waals surface area (Å²) in [5.41, 5.74) is 0. The molecule has 0 spiro atoms. The zero-order valence-corrected chi connectivity index (χ0v) is 5.48. The molecule has 0 aromatic rings. The van der Waals surface area contributed by atoms with E-state index in [1.807, 2.05) is 0 Å². The molecule has 0 fully saturated rings. The van der Waals surface area contributed by atoms with Crippen molar-refractivity contribution in [2.75, 3.05) is 19.7 Å². The molecule has 0 aromatic heterocycles. The number of hydrogen-bond acceptors (Lipinski definition) is 1. The third-order valence-corrected chi connectivity index (χ3v) is 1.07. The van der Waals surface area contributed by atoms with Gasteiger partial charge in [-0.05, 0) is 6.42 Å². The van der Waals surface area contributed by atoms with Crippen molar-refractivity contribution in [2.24, 2.45) is 0 Å². The van der Waals surface area contributed by atoms with Gasteiger partial charge in [0.1, 0.15) is 0 Å². The van der Waals surface area contributed by atoms with Crippen molar-refractivity contribution in [1.82, 2.24) is 0 Å². The van der Waals surface area contributed by atoms with E-state index in [0.717, 1.165) is 24.4 Å². The van der Waals surface area contributed by atoms with Crippen LogP contribution < -0.4 is 4.90 Å². The Hall–Kier alpha value is -0.0800. The van der Waals surface area contributed by atoms with Gasteiger partial charge in [0.05, 0.1) is 19.7 Å². The van der Waals surface area contributed by atoms with E-state index in [-0.39, 0.29) is 6.61 Å². The second kappa shape index (κ2) is 5.06. The molecule has 0 aliphatic rings. The van der Waals surface area contributed by atoms with E-state index in [1.165, 1.54) is 0 Å². The van der Waals surface area contributed by atoms with Crippen molar-refractivity contribution in [2.45, 2.75) is 13.3 Å². The summed E-state index contributed by atoms with van der Waals surface area (Å²) < 4.78 is 0. The van der Waals surface area contributed by atoms with Crippen LogP contribution in [0.4, 0.5) is 0 Å². The second-order valence-electron chi connectivity index (χ2n) is 1.97. The quantitative estimate of drug-likeness (QED) is 0.457. The molecule has 0 radical (unpaired) electrons. The van der Waals surface area contributed by atoms with Gasteiger partial charge in [-0.3, -0.25) is 0 Å². The second-order valence-corrected chi connectivity index (χ2v) is 1.97. The Morgan fingerprint density at radius 2 is 2.12 bits per heavy atom. The van der Waals surface area contributed by atoms with Gasteiger partial charge in [0.2, 0.25) is 0 Å². The van der Waals surface area contributed by atoms with Gasteiger partial charge < -0.3 is 10.0 Å². The van der Waals surface area contributed by atoms with Crippen molar-refractivity contribution >= 4 is 0 Å². The van der Waals surface area contributed by atoms with Crippen LogP contribution in [0.2, 0.25) is 0 Å². The van der Waals surface area contributed by atoms with Crippen LogP contribution in [-0.2, 0) is 0 Å². The third-order valence-electron chi connectivity index (χ3n) is 1.07. The molecule has 1 unspecified atom stereocenters. The predicted molar refractivity (Wildman–Crippen MR) is 33.4 cm³/mol. The highest BCUT2D eigenvalue weighted by Gasteiger charge is 1.88. The topological polar surface area (TPSA) is 24.7 Å². The minimum Gasteiger partial charge on any atom is -0.466 e. The Morgan fingerprint density at radius 1 is 1.50 bits per heavy atom. The first-order valence-corrected chi connectivity index (χ1v) is 3.08. The molecule has 2 nitrogen and oxygen atoms in total. The highest BCUT2D eigenvalue weighted by Crippen LogP contribution is 1.61. The summed E-state index contributed by atoms with van der Waals surface area (Å²) in [7, 11) is 3.77. The lowest BCUT2D eigenvalue weighted by Crippen LogP contribution is -3.07. The fourth-order valence-electron chi connectivity index (χ4n) is 0.637. The zero-order valence-electron chi connectivity index (χ0n) is 5.48. The molecule has 2 heteroatoms. The van der Waals surface area contributed by atoms with Crippen molar-refractivity contribution in [1.29, 1.82) is 0 Å². The largest absolute Gasteiger partial charge is 0.466 e. The minimum absolute atomic E-state index is 0.249. The number of rotatable bonds is 4. The Labute approximate surface area is 51.1 Å². The molecule has 0 saturated carbocycles. The molecule has 0 aliphatic carbocycles. The number of nitrogens with one attached hydrogen (secondary N) is 1. The monoisotopic (exact) mass is 117 g/mol. The van der Waals surface area contributed by atoms with Gasteiger partial charge in [0.25, 0.3) is 0 Å². The van der Waals surface area contributed by atoms with Crippen molar-refractivity contribution < 1.29 is 10.0 Å². The van der Waals surface area contributed by atoms with E-state index < -0.39 is 0 Å². The van der Waals surface area contributed by atoms with Crippen LogP contribution in [-0.4, -0.2) is 24.8 Å². The molecule has 0 amide bonds. The fourth-order valence-corrected chi connectivity index (χ4v) is 0.637. The van der Waals surface area contributed by atoms with E-state index >= 15 is 0 Å². The van der Waals surface area contributed by atoms with Gasteiger partial charge in [-0.2, -0.15) is 7.05 Å². The molecule has 0 saturated heterocycles. The maximum Gasteiger partial charge on any atom is 0.0900 e. The van der Waals surface area contributed by atoms with E-state index in [0.29, 0.717) is 0 Å². The number of aliphatic hydroxyl groups is 1. The summed E-state index contributed by atoms with van der Waals surface area (Å²) in [6, 6.07) is 0. The molecule has 8 heavy (non-hydrogen) atoms. The lowest BCUT2D eigenvalue weighted by Gasteiger charge is -2.17. The van der Waals surface area contributed by atoms with Crippen LogP contribution in [0.25, 0.3) is 0 Å². The molecule has 2 N–H and O–H groups in total. The first-order chi connectivity index (χ1) is 3.81. The molecule has 1 atom stereocenters. The first kappa shape index (κ1) is 7.92. The number of aliphatic hydroxyl groups excluding tert-OH is 1. The summed E-state index contributed by atoms with van der Waals surface area (Å²) in [4.78, 5) is 1.16. The first-order valence-electron chi connectivity index (χ1n) is 3.08. The molecular formula is C6H15NO. The van der Waals surface area contributed by atoms with Crippen LogP contribution in [0, 0.1) is 7.05 Å². The lowest BCUT2D eigenvalue weighted by molar-refractivity contribution is -0.854. The maximum absolute atomic E-state index is 8.40. The molecule has 0 bridgehead atoms. The SMILES string of the molecule is [CH2-][NH+](CCC)CCO. The molecule has 0 heterocycles. The molecule has 50 valence electrons. The molecule has 0 rings (SSSR count). The highest BCUT2D eigenvalue weighted by atomic mass is 16.3. The Morgan fingerprint density at radius 3 is 2.50 bits per heavy atom. The predicted octanol–water partition coefficient (Wildman–Crippen LogP) is -0.935. The number of quaternary nitrogens is 1. The summed E-state index contributed by atoms with van der Waals surface area (Å²) >= 11 is 0. The average molecular weight is 117 g/mol. The normalized spacial score (nSPS) is 13.9. The van der Waals surface area contributed by atoms with Crippen LogP contribution in [0.3, 0.4) is 0 Å². The van der Waals surface area contributed by atoms with E-state index in [2.05, 4.69) is 14.0 Å². The van der Waals surface area contributed by atoms with Crippen LogP contribution in [0.1, 0.15) is 13.3 Å². The maximum atomic E-state index is 8.40. The van der Waals surface area contributed by atoms with Gasteiger partial charge in [0.15, 0.2) is 0 Å². The summed E-state index contributed by atoms with van der Waals surface area (Å²) in [5, 5.41) is 8.40. The van der Waals surface area contributed by atoms with Gasteiger partial charge in [-0.15, -0.1) is 0 Å². The molecular weight excluding hydrogens is 102 g/mol. The van der Waals surface area contributed by atoms with Crippen molar-refractivity contribution in [3.05, 3.63) is 7.05 Å². The summed E-state index contributed by atoms with van der Waals surface area (Å²) in [6.07, 6.45) is 1.14. The van der Waals surface area contributed by atoms with Crippen molar-refractivity contribution in [3.8, 4) is 0 Å². The van der Waals surface area contributed by atoms with Gasteiger partial charge in [0, 0.05) is 0 Å². The standard InChI is InChI=1S/C6H15NO/c1-3-4-7(2)5-6-8/h7-8H,2-6H2,1H3. The molecule has 0 aromatic carbocycles. The van der Waals surface area contributed by atoms with E-state index in [4.69, 9.17) is 5.11 Å². The minimum atomic E-state index is 0.249. The van der Waals surface area contributed by atoms with Crippen LogP contribution in [0.15, 0.2) is 0 Å². The third kappa shape index (κ3) is 4.09.